The lowest BCUT2D eigenvalue weighted by atomic mass is 9.82. The summed E-state index contributed by atoms with van der Waals surface area (Å²) in [5.74, 6) is 0.548. The molecular formula is C18H19ClN-. The molecule has 0 bridgehead atoms. The van der Waals surface area contributed by atoms with Crippen LogP contribution in [0.5, 0.6) is 0 Å². The molecule has 2 heterocycles. The Kier molecular flexibility index (Phi) is 3.82. The van der Waals surface area contributed by atoms with Crippen LogP contribution >= 0.6 is 0 Å². The molecule has 2 aliphatic heterocycles. The highest BCUT2D eigenvalue weighted by molar-refractivity contribution is 5.42. The summed E-state index contributed by atoms with van der Waals surface area (Å²) < 4.78 is 0. The van der Waals surface area contributed by atoms with Crippen molar-refractivity contribution >= 4 is 0 Å². The molecule has 2 aromatic carbocycles. The summed E-state index contributed by atoms with van der Waals surface area (Å²) in [6, 6.07) is 20.7. The number of benzene rings is 2. The van der Waals surface area contributed by atoms with Crippen molar-refractivity contribution in [2.75, 3.05) is 13.1 Å². The van der Waals surface area contributed by atoms with E-state index in [2.05, 4.69) is 59.5 Å². The topological polar surface area (TPSA) is 3.24 Å². The number of hydrogen-bond donors (Lipinski definition) is 0. The molecular weight excluding hydrogens is 266 g/mol. The van der Waals surface area contributed by atoms with Crippen molar-refractivity contribution in [2.24, 2.45) is 0 Å². The Morgan fingerprint density at radius 2 is 1.55 bits per heavy atom. The minimum atomic E-state index is 0. The van der Waals surface area contributed by atoms with Gasteiger partial charge in [0.2, 0.25) is 0 Å². The molecule has 0 amide bonds. The van der Waals surface area contributed by atoms with Crippen LogP contribution in [0.2, 0.25) is 0 Å². The molecule has 0 saturated carbocycles. The van der Waals surface area contributed by atoms with E-state index in [0.29, 0.717) is 12.0 Å². The quantitative estimate of drug-likeness (QED) is 0.754. The van der Waals surface area contributed by atoms with Crippen LogP contribution in [0.15, 0.2) is 54.6 Å². The zero-order valence-electron chi connectivity index (χ0n) is 11.5. The van der Waals surface area contributed by atoms with Gasteiger partial charge in [-0.3, -0.25) is 4.90 Å². The molecule has 0 spiro atoms. The first-order valence-electron chi connectivity index (χ1n) is 7.31. The van der Waals surface area contributed by atoms with Gasteiger partial charge in [0.05, 0.1) is 0 Å². The number of rotatable bonds is 1. The molecule has 0 aliphatic carbocycles. The smallest absolute Gasteiger partial charge is 0.0351 e. The predicted molar refractivity (Wildman–Crippen MR) is 78.3 cm³/mol. The summed E-state index contributed by atoms with van der Waals surface area (Å²) in [6.07, 6.45) is 2.68. The monoisotopic (exact) mass is 284 g/mol. The summed E-state index contributed by atoms with van der Waals surface area (Å²) in [5.41, 5.74) is 4.58. The summed E-state index contributed by atoms with van der Waals surface area (Å²) in [5, 5.41) is 0. The Bertz CT molecular complexity index is 581. The Morgan fingerprint density at radius 1 is 0.850 bits per heavy atom. The van der Waals surface area contributed by atoms with Crippen molar-refractivity contribution in [3.05, 3.63) is 71.3 Å². The molecule has 0 aromatic heterocycles. The average molecular weight is 285 g/mol. The number of hydrogen-bond acceptors (Lipinski definition) is 1. The van der Waals surface area contributed by atoms with E-state index < -0.39 is 0 Å². The van der Waals surface area contributed by atoms with Crippen LogP contribution in [0, 0.1) is 0 Å². The molecule has 2 aromatic rings. The van der Waals surface area contributed by atoms with E-state index in [1.807, 2.05) is 0 Å². The van der Waals surface area contributed by atoms with Gasteiger partial charge in [-0.25, -0.2) is 0 Å². The SMILES string of the molecule is [Cl-].c1ccc(C2CN3CCC[C@H]3c3ccccc32)cc1. The van der Waals surface area contributed by atoms with Crippen molar-refractivity contribution in [3.8, 4) is 0 Å². The maximum atomic E-state index is 2.68. The van der Waals surface area contributed by atoms with E-state index in [9.17, 15) is 0 Å². The molecule has 1 saturated heterocycles. The molecule has 4 rings (SSSR count). The van der Waals surface area contributed by atoms with Crippen LogP contribution in [-0.4, -0.2) is 18.0 Å². The van der Waals surface area contributed by atoms with E-state index in [1.54, 1.807) is 11.1 Å². The molecule has 1 nitrogen and oxygen atoms in total. The van der Waals surface area contributed by atoms with Gasteiger partial charge in [0.1, 0.15) is 0 Å². The fourth-order valence-electron chi connectivity index (χ4n) is 3.83. The number of halogens is 1. The van der Waals surface area contributed by atoms with Gasteiger partial charge >= 0.3 is 0 Å². The first kappa shape index (κ1) is 13.7. The Balaban J connectivity index is 0.00000121. The first-order chi connectivity index (χ1) is 9.43. The van der Waals surface area contributed by atoms with E-state index >= 15 is 0 Å². The van der Waals surface area contributed by atoms with Crippen LogP contribution in [0.25, 0.3) is 0 Å². The van der Waals surface area contributed by atoms with E-state index in [-0.39, 0.29) is 12.4 Å². The first-order valence-corrected chi connectivity index (χ1v) is 7.31. The maximum Gasteiger partial charge on any atom is 0.0351 e. The lowest BCUT2D eigenvalue weighted by Gasteiger charge is -2.37. The molecule has 104 valence electrons. The van der Waals surface area contributed by atoms with Crippen molar-refractivity contribution in [1.29, 1.82) is 0 Å². The van der Waals surface area contributed by atoms with Gasteiger partial charge in [0.25, 0.3) is 0 Å². The van der Waals surface area contributed by atoms with Crippen molar-refractivity contribution < 1.29 is 12.4 Å². The zero-order valence-corrected chi connectivity index (χ0v) is 12.3. The minimum Gasteiger partial charge on any atom is -1.00 e. The van der Waals surface area contributed by atoms with Crippen LogP contribution in [0.1, 0.15) is 41.5 Å². The van der Waals surface area contributed by atoms with Gasteiger partial charge < -0.3 is 12.4 Å². The number of nitrogens with zero attached hydrogens (tertiary/aromatic N) is 1. The van der Waals surface area contributed by atoms with Gasteiger partial charge in [0.15, 0.2) is 0 Å². The summed E-state index contributed by atoms with van der Waals surface area (Å²) in [6.45, 7) is 2.45. The minimum absolute atomic E-state index is 0. The van der Waals surface area contributed by atoms with Gasteiger partial charge in [-0.05, 0) is 36.1 Å². The van der Waals surface area contributed by atoms with Crippen molar-refractivity contribution in [1.82, 2.24) is 4.90 Å². The highest BCUT2D eigenvalue weighted by atomic mass is 35.5. The molecule has 2 aliphatic rings. The highest BCUT2D eigenvalue weighted by Gasteiger charge is 2.35. The third-order valence-electron chi connectivity index (χ3n) is 4.71. The van der Waals surface area contributed by atoms with Gasteiger partial charge in [-0.15, -0.1) is 0 Å². The van der Waals surface area contributed by atoms with Crippen molar-refractivity contribution in [2.45, 2.75) is 24.8 Å². The highest BCUT2D eigenvalue weighted by Crippen LogP contribution is 2.43. The predicted octanol–water partition coefficient (Wildman–Crippen LogP) is 0.973. The lowest BCUT2D eigenvalue weighted by Crippen LogP contribution is -3.00. The Hall–Kier alpha value is -1.31. The normalized spacial score (nSPS) is 24.6. The van der Waals surface area contributed by atoms with Gasteiger partial charge in [0, 0.05) is 18.5 Å². The zero-order chi connectivity index (χ0) is 12.7. The summed E-state index contributed by atoms with van der Waals surface area (Å²) >= 11 is 0. The van der Waals surface area contributed by atoms with E-state index in [4.69, 9.17) is 0 Å². The van der Waals surface area contributed by atoms with E-state index in [1.165, 1.54) is 31.5 Å². The second-order valence-electron chi connectivity index (χ2n) is 5.75. The standard InChI is InChI=1S/C18H19N.ClH/c1-2-7-14(8-3-1)17-13-19-12-6-11-18(19)16-10-5-4-9-15(16)17;/h1-5,7-10,17-18H,6,11-13H2;1H/p-1/t17?,18-;/m0./s1. The molecule has 1 unspecified atom stereocenters. The third kappa shape index (κ3) is 2.15. The lowest BCUT2D eigenvalue weighted by molar-refractivity contribution is -0.00000374. The number of fused-ring (bicyclic) bond motifs is 3. The fraction of sp³-hybridized carbons (Fsp3) is 0.333. The summed E-state index contributed by atoms with van der Waals surface area (Å²) in [4.78, 5) is 2.68. The second-order valence-corrected chi connectivity index (χ2v) is 5.75. The molecule has 0 N–H and O–H groups in total. The second kappa shape index (κ2) is 5.59. The maximum absolute atomic E-state index is 2.68. The molecule has 20 heavy (non-hydrogen) atoms. The van der Waals surface area contributed by atoms with Crippen LogP contribution < -0.4 is 12.4 Å². The molecule has 2 atom stereocenters. The fourth-order valence-corrected chi connectivity index (χ4v) is 3.83. The van der Waals surface area contributed by atoms with Crippen LogP contribution in [-0.2, 0) is 0 Å². The molecule has 2 heteroatoms. The van der Waals surface area contributed by atoms with Crippen LogP contribution in [0.3, 0.4) is 0 Å². The molecule has 1 fully saturated rings. The Morgan fingerprint density at radius 3 is 2.35 bits per heavy atom. The van der Waals surface area contributed by atoms with Gasteiger partial charge in [-0.2, -0.15) is 0 Å². The molecule has 0 radical (unpaired) electrons. The van der Waals surface area contributed by atoms with E-state index in [0.717, 1.165) is 0 Å². The Labute approximate surface area is 127 Å². The largest absolute Gasteiger partial charge is 1.00 e. The van der Waals surface area contributed by atoms with Crippen molar-refractivity contribution in [3.63, 3.8) is 0 Å². The van der Waals surface area contributed by atoms with Gasteiger partial charge in [-0.1, -0.05) is 54.6 Å². The van der Waals surface area contributed by atoms with Crippen LogP contribution in [0.4, 0.5) is 0 Å². The summed E-state index contributed by atoms with van der Waals surface area (Å²) in [7, 11) is 0. The third-order valence-corrected chi connectivity index (χ3v) is 4.71. The average Bonchev–Trinajstić information content (AvgIpc) is 2.96.